The van der Waals surface area contributed by atoms with E-state index in [1.807, 2.05) is 19.9 Å². The third kappa shape index (κ3) is 4.30. The molecule has 2 aromatic carbocycles. The Hall–Kier alpha value is -3.33. The van der Waals surface area contributed by atoms with Gasteiger partial charge in [0.25, 0.3) is 5.91 Å². The molecule has 0 bridgehead atoms. The zero-order valence-electron chi connectivity index (χ0n) is 17.0. The molecule has 0 saturated heterocycles. The molecule has 1 amide bonds. The zero-order valence-corrected chi connectivity index (χ0v) is 17.8. The largest absolute Gasteiger partial charge is 0.486 e. The van der Waals surface area contributed by atoms with Crippen LogP contribution >= 0.6 is 11.3 Å². The number of hydrogen-bond donors (Lipinski definition) is 1. The first-order valence-corrected chi connectivity index (χ1v) is 10.6. The fourth-order valence-electron chi connectivity index (χ4n) is 2.97. The molecular weight excluding hydrogens is 400 g/mol. The molecule has 0 saturated carbocycles. The third-order valence-corrected chi connectivity index (χ3v) is 5.55. The highest BCUT2D eigenvalue weighted by Gasteiger charge is 2.12. The van der Waals surface area contributed by atoms with Gasteiger partial charge in [-0.25, -0.2) is 9.67 Å². The van der Waals surface area contributed by atoms with Crippen molar-refractivity contribution >= 4 is 32.6 Å². The van der Waals surface area contributed by atoms with Gasteiger partial charge in [0.05, 0.1) is 16.3 Å². The van der Waals surface area contributed by atoms with Crippen LogP contribution in [0, 0.1) is 0 Å². The minimum atomic E-state index is -0.208. The molecule has 4 rings (SSSR count). The maximum absolute atomic E-state index is 12.6. The summed E-state index contributed by atoms with van der Waals surface area (Å²) < 4.78 is 8.53. The second kappa shape index (κ2) is 8.58. The molecule has 0 atom stereocenters. The Labute approximate surface area is 177 Å². The van der Waals surface area contributed by atoms with Crippen LogP contribution in [-0.2, 0) is 13.0 Å². The van der Waals surface area contributed by atoms with Crippen molar-refractivity contribution in [1.29, 1.82) is 0 Å². The molecule has 2 heterocycles. The highest BCUT2D eigenvalue weighted by atomic mass is 32.1. The minimum Gasteiger partial charge on any atom is -0.486 e. The number of nitrogens with one attached hydrogen (secondary N) is 1. The van der Waals surface area contributed by atoms with E-state index in [1.165, 1.54) is 16.9 Å². The second-order valence-electron chi connectivity index (χ2n) is 7.08. The molecule has 0 radical (unpaired) electrons. The zero-order chi connectivity index (χ0) is 21.1. The summed E-state index contributed by atoms with van der Waals surface area (Å²) in [6, 6.07) is 13.3. The molecule has 4 aromatic rings. The Morgan fingerprint density at radius 2 is 2.00 bits per heavy atom. The summed E-state index contributed by atoms with van der Waals surface area (Å²) in [4.78, 5) is 17.1. The summed E-state index contributed by atoms with van der Waals surface area (Å²) in [5.41, 5.74) is 2.67. The number of nitrogens with zero attached hydrogens (tertiary/aromatic N) is 5. The Balaban J connectivity index is 1.39. The SMILES string of the molecule is CCc1ccc2nc(NC(=O)c3ccc(OCc4nnnn4C(C)C)cc3)sc2c1. The maximum Gasteiger partial charge on any atom is 0.257 e. The van der Waals surface area contributed by atoms with Crippen molar-refractivity contribution in [3.8, 4) is 5.75 Å². The summed E-state index contributed by atoms with van der Waals surface area (Å²) in [5.74, 6) is 1.07. The van der Waals surface area contributed by atoms with Crippen molar-refractivity contribution in [2.45, 2.75) is 39.8 Å². The summed E-state index contributed by atoms with van der Waals surface area (Å²) in [7, 11) is 0. The topological polar surface area (TPSA) is 94.8 Å². The van der Waals surface area contributed by atoms with Crippen LogP contribution in [0.5, 0.6) is 5.75 Å². The average Bonchev–Trinajstić information content (AvgIpc) is 3.38. The van der Waals surface area contributed by atoms with Crippen molar-refractivity contribution in [2.75, 3.05) is 5.32 Å². The Bertz CT molecular complexity index is 1170. The summed E-state index contributed by atoms with van der Waals surface area (Å²) in [6.45, 7) is 6.37. The predicted molar refractivity (Wildman–Crippen MR) is 116 cm³/mol. The van der Waals surface area contributed by atoms with Crippen molar-refractivity contribution in [3.05, 3.63) is 59.4 Å². The van der Waals surface area contributed by atoms with Crippen molar-refractivity contribution < 1.29 is 9.53 Å². The quantitative estimate of drug-likeness (QED) is 0.478. The monoisotopic (exact) mass is 422 g/mol. The Morgan fingerprint density at radius 1 is 1.20 bits per heavy atom. The van der Waals surface area contributed by atoms with E-state index < -0.39 is 0 Å². The van der Waals surface area contributed by atoms with Crippen molar-refractivity contribution in [3.63, 3.8) is 0 Å². The van der Waals surface area contributed by atoms with E-state index in [9.17, 15) is 4.79 Å². The molecule has 30 heavy (non-hydrogen) atoms. The van der Waals surface area contributed by atoms with Gasteiger partial charge in [0, 0.05) is 5.56 Å². The highest BCUT2D eigenvalue weighted by Crippen LogP contribution is 2.27. The number of ether oxygens (including phenoxy) is 1. The normalized spacial score (nSPS) is 11.2. The number of aryl methyl sites for hydroxylation is 1. The Morgan fingerprint density at radius 3 is 2.73 bits per heavy atom. The van der Waals surface area contributed by atoms with Crippen LogP contribution in [0.15, 0.2) is 42.5 Å². The van der Waals surface area contributed by atoms with E-state index in [4.69, 9.17) is 4.74 Å². The first-order chi connectivity index (χ1) is 14.5. The number of rotatable bonds is 7. The second-order valence-corrected chi connectivity index (χ2v) is 8.11. The van der Waals surface area contributed by atoms with Crippen molar-refractivity contribution in [1.82, 2.24) is 25.2 Å². The fourth-order valence-corrected chi connectivity index (χ4v) is 3.90. The number of aromatic nitrogens is 5. The van der Waals surface area contributed by atoms with Gasteiger partial charge in [-0.05, 0) is 72.7 Å². The average molecular weight is 423 g/mol. The van der Waals surface area contributed by atoms with E-state index >= 15 is 0 Å². The molecule has 0 aliphatic carbocycles. The van der Waals surface area contributed by atoms with Crippen LogP contribution in [0.3, 0.4) is 0 Å². The van der Waals surface area contributed by atoms with E-state index in [2.05, 4.69) is 44.9 Å². The van der Waals surface area contributed by atoms with Crippen LogP contribution in [0.1, 0.15) is 48.6 Å². The van der Waals surface area contributed by atoms with Gasteiger partial charge in [0.15, 0.2) is 11.0 Å². The van der Waals surface area contributed by atoms with Gasteiger partial charge in [-0.1, -0.05) is 24.3 Å². The van der Waals surface area contributed by atoms with Gasteiger partial charge < -0.3 is 4.74 Å². The number of thiazole rings is 1. The van der Waals surface area contributed by atoms with Gasteiger partial charge in [0.2, 0.25) is 0 Å². The van der Waals surface area contributed by atoms with Crippen LogP contribution in [0.25, 0.3) is 10.2 Å². The lowest BCUT2D eigenvalue weighted by Gasteiger charge is -2.09. The van der Waals surface area contributed by atoms with Crippen LogP contribution in [0.2, 0.25) is 0 Å². The lowest BCUT2D eigenvalue weighted by atomic mass is 10.2. The molecule has 8 nitrogen and oxygen atoms in total. The maximum atomic E-state index is 12.6. The lowest BCUT2D eigenvalue weighted by molar-refractivity contribution is 0.102. The Kier molecular flexibility index (Phi) is 5.71. The van der Waals surface area contributed by atoms with E-state index in [-0.39, 0.29) is 18.6 Å². The molecule has 0 spiro atoms. The van der Waals surface area contributed by atoms with E-state index in [0.29, 0.717) is 22.3 Å². The molecule has 0 unspecified atom stereocenters. The standard InChI is InChI=1S/C21H22N6O2S/c1-4-14-5-10-17-18(11-14)30-21(22-17)23-20(28)15-6-8-16(9-7-15)29-12-19-24-25-26-27(19)13(2)3/h5-11,13H,4,12H2,1-3H3,(H,22,23,28). The first-order valence-electron chi connectivity index (χ1n) is 9.74. The number of amides is 1. The summed E-state index contributed by atoms with van der Waals surface area (Å²) >= 11 is 1.47. The van der Waals surface area contributed by atoms with Gasteiger partial charge in [-0.3, -0.25) is 10.1 Å². The number of anilines is 1. The number of carbonyl (C=O) groups is 1. The molecule has 2 aromatic heterocycles. The smallest absolute Gasteiger partial charge is 0.257 e. The highest BCUT2D eigenvalue weighted by molar-refractivity contribution is 7.22. The van der Waals surface area contributed by atoms with E-state index in [1.54, 1.807) is 28.9 Å². The fraction of sp³-hybridized carbons (Fsp3) is 0.286. The summed E-state index contributed by atoms with van der Waals surface area (Å²) in [6.07, 6.45) is 0.969. The lowest BCUT2D eigenvalue weighted by Crippen LogP contribution is -2.12. The molecule has 1 N–H and O–H groups in total. The molecule has 0 aliphatic heterocycles. The summed E-state index contributed by atoms with van der Waals surface area (Å²) in [5, 5.41) is 15.1. The molecule has 0 fully saturated rings. The van der Waals surface area contributed by atoms with Gasteiger partial charge in [-0.15, -0.1) is 5.10 Å². The van der Waals surface area contributed by atoms with Gasteiger partial charge >= 0.3 is 0 Å². The van der Waals surface area contributed by atoms with Crippen LogP contribution in [0.4, 0.5) is 5.13 Å². The third-order valence-electron chi connectivity index (χ3n) is 4.62. The van der Waals surface area contributed by atoms with Gasteiger partial charge in [0.1, 0.15) is 12.4 Å². The number of tetrazole rings is 1. The predicted octanol–water partition coefficient (Wildman–Crippen LogP) is 4.26. The van der Waals surface area contributed by atoms with Crippen molar-refractivity contribution in [2.24, 2.45) is 0 Å². The molecular formula is C21H22N6O2S. The van der Waals surface area contributed by atoms with E-state index in [0.717, 1.165) is 16.6 Å². The van der Waals surface area contributed by atoms with Crippen LogP contribution < -0.4 is 10.1 Å². The first kappa shape index (κ1) is 20.0. The van der Waals surface area contributed by atoms with Crippen LogP contribution in [-0.4, -0.2) is 31.1 Å². The number of hydrogen-bond acceptors (Lipinski definition) is 7. The number of fused-ring (bicyclic) bond motifs is 1. The number of carbonyl (C=O) groups excluding carboxylic acids is 1. The molecule has 0 aliphatic rings. The molecule has 9 heteroatoms. The van der Waals surface area contributed by atoms with Gasteiger partial charge in [-0.2, -0.15) is 0 Å². The minimum absolute atomic E-state index is 0.153. The number of benzene rings is 2. The molecule has 154 valence electrons.